The fourth-order valence-corrected chi connectivity index (χ4v) is 2.12. The van der Waals surface area contributed by atoms with E-state index in [1.807, 2.05) is 0 Å². The standard InChI is InChI=1S/C10H18/c1-5-10(4)6-8(2)9(3)7-10/h5,8-9H,1,6-7H2,2-4H3. The van der Waals surface area contributed by atoms with Gasteiger partial charge in [0.25, 0.3) is 0 Å². The molecule has 10 heavy (non-hydrogen) atoms. The highest BCUT2D eigenvalue weighted by Crippen LogP contribution is 2.45. The van der Waals surface area contributed by atoms with Gasteiger partial charge in [-0.25, -0.2) is 0 Å². The minimum atomic E-state index is 0.443. The molecule has 0 heteroatoms. The number of hydrogen-bond acceptors (Lipinski definition) is 0. The van der Waals surface area contributed by atoms with Crippen molar-refractivity contribution in [2.75, 3.05) is 0 Å². The van der Waals surface area contributed by atoms with Gasteiger partial charge in [0, 0.05) is 0 Å². The minimum absolute atomic E-state index is 0.443. The van der Waals surface area contributed by atoms with Gasteiger partial charge in [-0.1, -0.05) is 26.8 Å². The summed E-state index contributed by atoms with van der Waals surface area (Å²) in [5.74, 6) is 1.78. The first kappa shape index (κ1) is 7.84. The van der Waals surface area contributed by atoms with Crippen molar-refractivity contribution in [3.8, 4) is 0 Å². The normalized spacial score (nSPS) is 47.5. The Balaban J connectivity index is 2.63. The Morgan fingerprint density at radius 3 is 1.90 bits per heavy atom. The zero-order valence-corrected chi connectivity index (χ0v) is 7.35. The maximum absolute atomic E-state index is 3.88. The second-order valence-corrected chi connectivity index (χ2v) is 4.22. The van der Waals surface area contributed by atoms with Gasteiger partial charge in [-0.15, -0.1) is 6.58 Å². The predicted molar refractivity (Wildman–Crippen MR) is 45.9 cm³/mol. The quantitative estimate of drug-likeness (QED) is 0.488. The van der Waals surface area contributed by atoms with Crippen molar-refractivity contribution in [2.45, 2.75) is 33.6 Å². The Morgan fingerprint density at radius 2 is 1.70 bits per heavy atom. The molecule has 1 saturated carbocycles. The average molecular weight is 138 g/mol. The molecule has 0 bridgehead atoms. The van der Waals surface area contributed by atoms with Gasteiger partial charge in [0.15, 0.2) is 0 Å². The largest absolute Gasteiger partial charge is 0.103 e. The molecule has 1 aliphatic carbocycles. The summed E-state index contributed by atoms with van der Waals surface area (Å²) in [6, 6.07) is 0. The monoisotopic (exact) mass is 138 g/mol. The smallest absolute Gasteiger partial charge is 0.0144 e. The van der Waals surface area contributed by atoms with E-state index in [1.54, 1.807) is 0 Å². The summed E-state index contributed by atoms with van der Waals surface area (Å²) in [5, 5.41) is 0. The van der Waals surface area contributed by atoms with Crippen LogP contribution in [0.2, 0.25) is 0 Å². The van der Waals surface area contributed by atoms with Crippen LogP contribution in [0.25, 0.3) is 0 Å². The fourth-order valence-electron chi connectivity index (χ4n) is 2.12. The van der Waals surface area contributed by atoms with E-state index in [0.717, 1.165) is 11.8 Å². The van der Waals surface area contributed by atoms with E-state index in [9.17, 15) is 0 Å². The van der Waals surface area contributed by atoms with Crippen molar-refractivity contribution in [1.29, 1.82) is 0 Å². The van der Waals surface area contributed by atoms with Crippen molar-refractivity contribution in [1.82, 2.24) is 0 Å². The molecule has 0 aromatic carbocycles. The lowest BCUT2D eigenvalue weighted by Crippen LogP contribution is -2.06. The van der Waals surface area contributed by atoms with Crippen LogP contribution in [0.15, 0.2) is 12.7 Å². The van der Waals surface area contributed by atoms with Crippen LogP contribution >= 0.6 is 0 Å². The lowest BCUT2D eigenvalue weighted by molar-refractivity contribution is 0.425. The summed E-state index contributed by atoms with van der Waals surface area (Å²) in [5.41, 5.74) is 0.443. The molecular formula is C10H18. The van der Waals surface area contributed by atoms with Crippen LogP contribution in [-0.2, 0) is 0 Å². The number of hydrogen-bond donors (Lipinski definition) is 0. The van der Waals surface area contributed by atoms with E-state index in [1.165, 1.54) is 12.8 Å². The van der Waals surface area contributed by atoms with E-state index in [2.05, 4.69) is 33.4 Å². The second-order valence-electron chi connectivity index (χ2n) is 4.22. The summed E-state index contributed by atoms with van der Waals surface area (Å²) in [7, 11) is 0. The highest BCUT2D eigenvalue weighted by Gasteiger charge is 2.34. The van der Waals surface area contributed by atoms with Crippen molar-refractivity contribution >= 4 is 0 Å². The summed E-state index contributed by atoms with van der Waals surface area (Å²) in [6.45, 7) is 10.9. The molecule has 1 aliphatic rings. The molecule has 0 spiro atoms. The molecule has 1 fully saturated rings. The molecule has 0 aromatic heterocycles. The first-order chi connectivity index (χ1) is 4.57. The molecule has 0 aliphatic heterocycles. The summed E-state index contributed by atoms with van der Waals surface area (Å²) >= 11 is 0. The van der Waals surface area contributed by atoms with E-state index in [4.69, 9.17) is 0 Å². The third-order valence-electron chi connectivity index (χ3n) is 3.04. The molecule has 58 valence electrons. The topological polar surface area (TPSA) is 0 Å². The van der Waals surface area contributed by atoms with Crippen LogP contribution in [0.4, 0.5) is 0 Å². The first-order valence-corrected chi connectivity index (χ1v) is 4.21. The van der Waals surface area contributed by atoms with E-state index in [-0.39, 0.29) is 0 Å². The number of allylic oxidation sites excluding steroid dienone is 1. The lowest BCUT2D eigenvalue weighted by Gasteiger charge is -2.17. The Morgan fingerprint density at radius 1 is 1.30 bits per heavy atom. The van der Waals surface area contributed by atoms with Crippen LogP contribution in [0, 0.1) is 17.3 Å². The van der Waals surface area contributed by atoms with Gasteiger partial charge >= 0.3 is 0 Å². The van der Waals surface area contributed by atoms with E-state index < -0.39 is 0 Å². The van der Waals surface area contributed by atoms with Gasteiger partial charge < -0.3 is 0 Å². The molecular weight excluding hydrogens is 120 g/mol. The Kier molecular flexibility index (Phi) is 1.89. The molecule has 0 nitrogen and oxygen atoms in total. The van der Waals surface area contributed by atoms with E-state index in [0.29, 0.717) is 5.41 Å². The average Bonchev–Trinajstić information content (AvgIpc) is 2.10. The molecule has 0 heterocycles. The zero-order valence-electron chi connectivity index (χ0n) is 7.35. The van der Waals surface area contributed by atoms with Gasteiger partial charge in [0.05, 0.1) is 0 Å². The Hall–Kier alpha value is -0.260. The summed E-state index contributed by atoms with van der Waals surface area (Å²) in [4.78, 5) is 0. The third kappa shape index (κ3) is 1.25. The van der Waals surface area contributed by atoms with Crippen LogP contribution in [0.5, 0.6) is 0 Å². The lowest BCUT2D eigenvalue weighted by atomic mass is 9.88. The Bertz CT molecular complexity index is 125. The maximum atomic E-state index is 3.88. The molecule has 1 rings (SSSR count). The highest BCUT2D eigenvalue weighted by molar-refractivity contribution is 4.98. The minimum Gasteiger partial charge on any atom is -0.103 e. The maximum Gasteiger partial charge on any atom is -0.0144 e. The van der Waals surface area contributed by atoms with Gasteiger partial charge in [0.1, 0.15) is 0 Å². The van der Waals surface area contributed by atoms with Crippen LogP contribution in [-0.4, -0.2) is 0 Å². The third-order valence-corrected chi connectivity index (χ3v) is 3.04. The van der Waals surface area contributed by atoms with Crippen molar-refractivity contribution in [2.24, 2.45) is 17.3 Å². The van der Waals surface area contributed by atoms with E-state index >= 15 is 0 Å². The van der Waals surface area contributed by atoms with Gasteiger partial charge in [0.2, 0.25) is 0 Å². The molecule has 0 amide bonds. The predicted octanol–water partition coefficient (Wildman–Crippen LogP) is 3.24. The van der Waals surface area contributed by atoms with Gasteiger partial charge in [-0.3, -0.25) is 0 Å². The Labute approximate surface area is 64.3 Å². The fraction of sp³-hybridized carbons (Fsp3) is 0.800. The highest BCUT2D eigenvalue weighted by atomic mass is 14.4. The van der Waals surface area contributed by atoms with Crippen molar-refractivity contribution in [3.05, 3.63) is 12.7 Å². The molecule has 0 saturated heterocycles. The van der Waals surface area contributed by atoms with Crippen molar-refractivity contribution in [3.63, 3.8) is 0 Å². The SMILES string of the molecule is C=CC1(C)CC(C)C(C)C1. The van der Waals surface area contributed by atoms with Gasteiger partial charge in [-0.2, -0.15) is 0 Å². The van der Waals surface area contributed by atoms with Crippen molar-refractivity contribution < 1.29 is 0 Å². The summed E-state index contributed by atoms with van der Waals surface area (Å²) in [6.07, 6.45) is 4.79. The second kappa shape index (κ2) is 2.41. The molecule has 2 unspecified atom stereocenters. The molecule has 0 aromatic rings. The summed E-state index contributed by atoms with van der Waals surface area (Å²) < 4.78 is 0. The van der Waals surface area contributed by atoms with Gasteiger partial charge in [-0.05, 0) is 30.1 Å². The first-order valence-electron chi connectivity index (χ1n) is 4.21. The molecule has 2 atom stereocenters. The molecule has 0 N–H and O–H groups in total. The van der Waals surface area contributed by atoms with Crippen LogP contribution in [0.1, 0.15) is 33.6 Å². The number of rotatable bonds is 1. The van der Waals surface area contributed by atoms with Crippen LogP contribution in [0.3, 0.4) is 0 Å². The zero-order chi connectivity index (χ0) is 7.78. The van der Waals surface area contributed by atoms with Crippen LogP contribution < -0.4 is 0 Å². The molecule has 0 radical (unpaired) electrons.